The van der Waals surface area contributed by atoms with Crippen molar-refractivity contribution in [3.63, 3.8) is 0 Å². The number of alkyl halides is 2. The molecule has 0 aromatic rings. The quantitative estimate of drug-likeness (QED) is 0.477. The first-order valence-electron chi connectivity index (χ1n) is 6.41. The normalized spacial score (nSPS) is 43.6. The van der Waals surface area contributed by atoms with Gasteiger partial charge in [-0.1, -0.05) is 35.4 Å². The molecule has 1 aliphatic carbocycles. The van der Waals surface area contributed by atoms with Gasteiger partial charge in [0.15, 0.2) is 0 Å². The molecule has 112 valence electrons. The van der Waals surface area contributed by atoms with Crippen molar-refractivity contribution in [2.75, 3.05) is 13.3 Å². The maximum absolute atomic E-state index is 10.1. The lowest BCUT2D eigenvalue weighted by Crippen LogP contribution is -2.49. The highest BCUT2D eigenvalue weighted by molar-refractivity contribution is 6.51. The second kappa shape index (κ2) is 5.21. The number of nitrogens with zero attached hydrogens (tertiary/aromatic N) is 2. The Morgan fingerprint density at radius 1 is 1.40 bits per heavy atom. The van der Waals surface area contributed by atoms with Gasteiger partial charge in [-0.15, -0.1) is 0 Å². The molecule has 5 atom stereocenters. The Labute approximate surface area is 126 Å². The van der Waals surface area contributed by atoms with Crippen LogP contribution in [-0.4, -0.2) is 74.1 Å². The maximum Gasteiger partial charge on any atom is 0.142 e. The predicted octanol–water partition coefficient (Wildman–Crippen LogP) is -0.358. The average molecular weight is 323 g/mol. The van der Waals surface area contributed by atoms with Crippen LogP contribution >= 0.6 is 23.2 Å². The molecule has 8 heteroatoms. The number of fused-ring (bicyclic) bond motifs is 1. The Kier molecular flexibility index (Phi) is 3.83. The second-order valence-corrected chi connectivity index (χ2v) is 6.82. The van der Waals surface area contributed by atoms with Crippen LogP contribution in [-0.2, 0) is 4.74 Å². The number of ether oxygens (including phenoxy) is 1. The van der Waals surface area contributed by atoms with Gasteiger partial charge in [-0.25, -0.2) is 4.90 Å². The topological polar surface area (TPSA) is 85.5 Å². The van der Waals surface area contributed by atoms with Crippen LogP contribution in [0.3, 0.4) is 0 Å². The van der Waals surface area contributed by atoms with Gasteiger partial charge in [0.05, 0.1) is 19.3 Å². The molecule has 0 saturated carbocycles. The van der Waals surface area contributed by atoms with Crippen LogP contribution in [0.1, 0.15) is 6.42 Å². The number of aliphatic hydroxyl groups is 3. The van der Waals surface area contributed by atoms with E-state index in [1.807, 2.05) is 11.0 Å². The van der Waals surface area contributed by atoms with Crippen LogP contribution in [0, 0.1) is 0 Å². The van der Waals surface area contributed by atoms with Gasteiger partial charge in [0.1, 0.15) is 28.9 Å². The minimum absolute atomic E-state index is 0.148. The van der Waals surface area contributed by atoms with Crippen molar-refractivity contribution in [3.05, 3.63) is 12.2 Å². The van der Waals surface area contributed by atoms with Crippen molar-refractivity contribution in [1.82, 2.24) is 4.90 Å². The van der Waals surface area contributed by atoms with Gasteiger partial charge in [0.2, 0.25) is 0 Å². The largest absolute Gasteiger partial charge is 0.394 e. The number of allylic oxidation sites excluding steroid dienone is 1. The number of hydrogen-bond acceptors (Lipinski definition) is 6. The van der Waals surface area contributed by atoms with E-state index < -0.39 is 28.9 Å². The second-order valence-electron chi connectivity index (χ2n) is 5.28. The summed E-state index contributed by atoms with van der Waals surface area (Å²) in [6.45, 7) is -0.00987. The van der Waals surface area contributed by atoms with Gasteiger partial charge in [0.25, 0.3) is 0 Å². The lowest BCUT2D eigenvalue weighted by atomic mass is 9.98. The smallest absolute Gasteiger partial charge is 0.142 e. The molecule has 3 rings (SSSR count). The Bertz CT molecular complexity index is 457. The lowest BCUT2D eigenvalue weighted by molar-refractivity contribution is -0.0954. The molecule has 0 aromatic heterocycles. The molecule has 0 bridgehead atoms. The summed E-state index contributed by atoms with van der Waals surface area (Å²) in [5.41, 5.74) is 0.829. The Morgan fingerprint density at radius 3 is 2.80 bits per heavy atom. The molecular weight excluding hydrogens is 307 g/mol. The molecule has 1 fully saturated rings. The van der Waals surface area contributed by atoms with Crippen LogP contribution in [0.4, 0.5) is 0 Å². The summed E-state index contributed by atoms with van der Waals surface area (Å²) in [7, 11) is 0. The van der Waals surface area contributed by atoms with Crippen molar-refractivity contribution in [2.24, 2.45) is 4.99 Å². The molecular formula is C12H16Cl2N2O4. The standard InChI is InChI=1S/C12H16Cl2N2O4/c13-12(14)2-1-7-6(3-12)15-5-16(7)11-10(19)9(18)8(4-17)20-11/h1-2,7-11,17-19H,3-5H2/t7?,8-,9-,10-,11-/m1/s1. The number of aliphatic imine (C=N–C) groups is 1. The van der Waals surface area contributed by atoms with E-state index in [1.165, 1.54) is 0 Å². The summed E-state index contributed by atoms with van der Waals surface area (Å²) in [5, 5.41) is 29.0. The van der Waals surface area contributed by atoms with E-state index in [4.69, 9.17) is 33.0 Å². The molecule has 2 aliphatic heterocycles. The summed E-state index contributed by atoms with van der Waals surface area (Å²) in [6, 6.07) is -0.148. The summed E-state index contributed by atoms with van der Waals surface area (Å²) in [4.78, 5) is 6.19. The minimum Gasteiger partial charge on any atom is -0.394 e. The zero-order valence-electron chi connectivity index (χ0n) is 10.6. The fourth-order valence-corrected chi connectivity index (χ4v) is 3.27. The number of halogens is 2. The fraction of sp³-hybridized carbons (Fsp3) is 0.750. The summed E-state index contributed by atoms with van der Waals surface area (Å²) < 4.78 is 4.57. The number of rotatable bonds is 2. The third kappa shape index (κ3) is 2.39. The molecule has 3 N–H and O–H groups in total. The Hall–Kier alpha value is -0.210. The van der Waals surface area contributed by atoms with Crippen LogP contribution < -0.4 is 0 Å². The van der Waals surface area contributed by atoms with E-state index in [0.717, 1.165) is 5.71 Å². The molecule has 1 unspecified atom stereocenters. The number of aliphatic hydroxyl groups excluding tert-OH is 3. The van der Waals surface area contributed by atoms with Crippen LogP contribution in [0.15, 0.2) is 17.1 Å². The van der Waals surface area contributed by atoms with Gasteiger partial charge < -0.3 is 20.1 Å². The third-order valence-corrected chi connectivity index (χ3v) is 4.44. The van der Waals surface area contributed by atoms with Gasteiger partial charge in [0, 0.05) is 12.1 Å². The molecule has 20 heavy (non-hydrogen) atoms. The average Bonchev–Trinajstić information content (AvgIpc) is 2.91. The van der Waals surface area contributed by atoms with E-state index in [0.29, 0.717) is 13.1 Å². The highest BCUT2D eigenvalue weighted by Crippen LogP contribution is 2.37. The zero-order chi connectivity index (χ0) is 14.5. The Balaban J connectivity index is 1.78. The van der Waals surface area contributed by atoms with Crippen molar-refractivity contribution in [3.8, 4) is 0 Å². The van der Waals surface area contributed by atoms with Crippen molar-refractivity contribution in [1.29, 1.82) is 0 Å². The van der Waals surface area contributed by atoms with Crippen molar-refractivity contribution in [2.45, 2.75) is 41.3 Å². The summed E-state index contributed by atoms with van der Waals surface area (Å²) in [6.07, 6.45) is 0.241. The van der Waals surface area contributed by atoms with Gasteiger partial charge in [-0.3, -0.25) is 4.99 Å². The fourth-order valence-electron chi connectivity index (χ4n) is 2.85. The predicted molar refractivity (Wildman–Crippen MR) is 73.9 cm³/mol. The molecule has 0 aromatic carbocycles. The van der Waals surface area contributed by atoms with E-state index in [-0.39, 0.29) is 12.6 Å². The van der Waals surface area contributed by atoms with Gasteiger partial charge in [-0.05, 0) is 0 Å². The molecule has 0 amide bonds. The highest BCUT2D eigenvalue weighted by atomic mass is 35.5. The first-order chi connectivity index (χ1) is 9.43. The third-order valence-electron chi connectivity index (χ3n) is 3.92. The van der Waals surface area contributed by atoms with Gasteiger partial charge >= 0.3 is 0 Å². The lowest BCUT2D eigenvalue weighted by Gasteiger charge is -2.33. The zero-order valence-corrected chi connectivity index (χ0v) is 12.1. The monoisotopic (exact) mass is 322 g/mol. The molecule has 6 nitrogen and oxygen atoms in total. The van der Waals surface area contributed by atoms with E-state index in [1.54, 1.807) is 6.08 Å². The van der Waals surface area contributed by atoms with Crippen LogP contribution in [0.2, 0.25) is 0 Å². The first-order valence-corrected chi connectivity index (χ1v) is 7.17. The SMILES string of the molecule is OC[C@H]1O[C@@H](N2CN=C3CC(Cl)(Cl)C=CC32)[C@H](O)[C@@H]1O. The van der Waals surface area contributed by atoms with Crippen molar-refractivity contribution < 1.29 is 20.1 Å². The first kappa shape index (κ1) is 14.7. The molecule has 0 spiro atoms. The molecule has 1 saturated heterocycles. The van der Waals surface area contributed by atoms with E-state index in [2.05, 4.69) is 4.99 Å². The van der Waals surface area contributed by atoms with E-state index in [9.17, 15) is 10.2 Å². The molecule has 0 radical (unpaired) electrons. The van der Waals surface area contributed by atoms with Gasteiger partial charge in [-0.2, -0.15) is 0 Å². The van der Waals surface area contributed by atoms with Crippen LogP contribution in [0.25, 0.3) is 0 Å². The van der Waals surface area contributed by atoms with E-state index >= 15 is 0 Å². The minimum atomic E-state index is -1.11. The Morgan fingerprint density at radius 2 is 2.15 bits per heavy atom. The molecule has 3 aliphatic rings. The van der Waals surface area contributed by atoms with Crippen LogP contribution in [0.5, 0.6) is 0 Å². The van der Waals surface area contributed by atoms with Crippen molar-refractivity contribution >= 4 is 28.9 Å². The molecule has 2 heterocycles. The summed E-state index contributed by atoms with van der Waals surface area (Å²) in [5.74, 6) is 0. The number of hydrogen-bond donors (Lipinski definition) is 3. The maximum atomic E-state index is 10.1. The highest BCUT2D eigenvalue weighted by Gasteiger charge is 2.49. The summed E-state index contributed by atoms with van der Waals surface area (Å²) >= 11 is 12.1.